The van der Waals surface area contributed by atoms with Gasteiger partial charge in [-0.3, -0.25) is 24.0 Å². The minimum absolute atomic E-state index is 0.0197. The van der Waals surface area contributed by atoms with Crippen molar-refractivity contribution in [3.63, 3.8) is 0 Å². The lowest BCUT2D eigenvalue weighted by Gasteiger charge is -2.42. The van der Waals surface area contributed by atoms with E-state index in [1.54, 1.807) is 66.3 Å². The van der Waals surface area contributed by atoms with E-state index < -0.39 is 108 Å². The fourth-order valence-electron chi connectivity index (χ4n) is 12.5. The second kappa shape index (κ2) is 33.0. The van der Waals surface area contributed by atoms with E-state index in [2.05, 4.69) is 15.3 Å². The molecule has 6 rings (SSSR count). The Balaban J connectivity index is 1.27. The minimum Gasteiger partial charge on any atom is -0.460 e. The van der Waals surface area contributed by atoms with Crippen molar-refractivity contribution in [2.75, 3.05) is 65.6 Å². The predicted octanol–water partition coefficient (Wildman–Crippen LogP) is 5.94. The first-order chi connectivity index (χ1) is 41.0. The van der Waals surface area contributed by atoms with Gasteiger partial charge in [0.25, 0.3) is 11.7 Å². The summed E-state index contributed by atoms with van der Waals surface area (Å²) in [6.45, 7) is 14.6. The molecule has 0 aromatic carbocycles. The van der Waals surface area contributed by atoms with Crippen molar-refractivity contribution in [3.8, 4) is 0 Å². The monoisotopic (exact) mass is 1200 g/mol. The lowest BCUT2D eigenvalue weighted by Crippen LogP contribution is -2.61. The number of rotatable bonds is 12. The molecule has 478 valence electrons. The SMILES string of the molecule is COCCC(=O)N1CCN(c2ncc(CNC(=O)O[C@@H]3/C(C)=C/[C@@H](C)C(=O)C[C@@H]([C@H](C)C[C@@H]4CC[C@@H](O)[C@H](OC)C4)OC(=O)[C@@H]4CCCCN4C(=O)C(=O)[C@]4(O)O[C@@H](CC[C@H]4C)C[C@H](OC)/C(C)=C/C=C/C=C/[C@@H](C)C[C@@H](C)C(=O)[C@@H]3O)cn2)CC1. The zero-order chi connectivity index (χ0) is 62.8. The summed E-state index contributed by atoms with van der Waals surface area (Å²) in [6.07, 6.45) is 11.3. The Morgan fingerprint density at radius 2 is 1.57 bits per heavy atom. The Morgan fingerprint density at radius 1 is 0.849 bits per heavy atom. The number of Topliss-reactive ketones (excluding diaryl/α,β-unsaturated/α-hetero) is 3. The number of hydrogen-bond donors (Lipinski definition) is 4. The summed E-state index contributed by atoms with van der Waals surface area (Å²) in [4.78, 5) is 113. The smallest absolute Gasteiger partial charge is 0.408 e. The maximum atomic E-state index is 14.7. The van der Waals surface area contributed by atoms with Crippen LogP contribution < -0.4 is 10.2 Å². The number of methoxy groups -OCH3 is 3. The molecule has 3 amide bonds. The maximum absolute atomic E-state index is 14.7. The average Bonchev–Trinajstić information content (AvgIpc) is 1.50. The van der Waals surface area contributed by atoms with Gasteiger partial charge in [0.15, 0.2) is 18.0 Å². The summed E-state index contributed by atoms with van der Waals surface area (Å²) in [5, 5.41) is 37.3. The number of fused-ring (bicyclic) bond motifs is 3. The number of allylic oxidation sites excluding steroid dienone is 6. The van der Waals surface area contributed by atoms with E-state index in [0.717, 1.165) is 10.5 Å². The molecule has 4 aliphatic heterocycles. The van der Waals surface area contributed by atoms with E-state index in [9.17, 15) is 48.9 Å². The number of ketones is 3. The maximum Gasteiger partial charge on any atom is 0.408 e. The van der Waals surface area contributed by atoms with Gasteiger partial charge in [-0.1, -0.05) is 71.1 Å². The fourth-order valence-corrected chi connectivity index (χ4v) is 12.5. The summed E-state index contributed by atoms with van der Waals surface area (Å²) >= 11 is 0. The van der Waals surface area contributed by atoms with Crippen LogP contribution >= 0.6 is 0 Å². The summed E-state index contributed by atoms with van der Waals surface area (Å²) in [7, 11) is 4.66. The first kappa shape index (κ1) is 69.4. The molecule has 0 unspecified atom stereocenters. The number of alkyl carbamates (subject to hydrolysis) is 1. The largest absolute Gasteiger partial charge is 0.460 e. The van der Waals surface area contributed by atoms with Gasteiger partial charge >= 0.3 is 12.1 Å². The lowest BCUT2D eigenvalue weighted by atomic mass is 9.78. The molecule has 0 spiro atoms. The van der Waals surface area contributed by atoms with Crippen LogP contribution in [0.15, 0.2) is 60.0 Å². The lowest BCUT2D eigenvalue weighted by molar-refractivity contribution is -0.265. The number of piperazine rings is 1. The molecule has 5 aliphatic rings. The zero-order valence-corrected chi connectivity index (χ0v) is 52.2. The van der Waals surface area contributed by atoms with Crippen LogP contribution in [0.3, 0.4) is 0 Å². The topological polar surface area (TPSA) is 283 Å². The Labute approximate surface area is 507 Å². The molecule has 2 bridgehead atoms. The number of hydrogen-bond acceptors (Lipinski definition) is 19. The molecule has 22 heteroatoms. The Kier molecular flexibility index (Phi) is 26.6. The number of aliphatic hydroxyl groups excluding tert-OH is 2. The number of nitrogens with zero attached hydrogens (tertiary/aromatic N) is 5. The second-order valence-electron chi connectivity index (χ2n) is 24.6. The number of cyclic esters (lactones) is 1. The van der Waals surface area contributed by atoms with E-state index in [1.807, 2.05) is 56.1 Å². The minimum atomic E-state index is -2.48. The number of esters is 1. The highest BCUT2D eigenvalue weighted by Gasteiger charge is 2.53. The molecule has 5 heterocycles. The third-order valence-corrected chi connectivity index (χ3v) is 18.0. The normalized spacial score (nSPS) is 34.4. The van der Waals surface area contributed by atoms with Gasteiger partial charge in [-0.2, -0.15) is 0 Å². The molecule has 3 saturated heterocycles. The summed E-state index contributed by atoms with van der Waals surface area (Å²) in [5.41, 5.74) is 1.57. The van der Waals surface area contributed by atoms with E-state index in [0.29, 0.717) is 109 Å². The highest BCUT2D eigenvalue weighted by molar-refractivity contribution is 6.39. The molecule has 86 heavy (non-hydrogen) atoms. The van der Waals surface area contributed by atoms with Crippen LogP contribution in [0.5, 0.6) is 0 Å². The number of carbonyl (C=O) groups is 7. The highest BCUT2D eigenvalue weighted by Crippen LogP contribution is 2.38. The molecule has 1 saturated carbocycles. The van der Waals surface area contributed by atoms with Crippen LogP contribution in [0, 0.1) is 35.5 Å². The zero-order valence-electron chi connectivity index (χ0n) is 52.2. The van der Waals surface area contributed by atoms with Crippen LogP contribution in [-0.2, 0) is 63.7 Å². The average molecular weight is 1210 g/mol. The van der Waals surface area contributed by atoms with Crippen LogP contribution in [0.4, 0.5) is 10.7 Å². The van der Waals surface area contributed by atoms with Gasteiger partial charge in [0.2, 0.25) is 17.6 Å². The molecule has 4 fully saturated rings. The van der Waals surface area contributed by atoms with Gasteiger partial charge in [0, 0.05) is 109 Å². The first-order valence-corrected chi connectivity index (χ1v) is 30.9. The number of ether oxygens (including phenoxy) is 6. The molecule has 22 nitrogen and oxygen atoms in total. The molecular formula is C64H96N6O16. The molecule has 1 aromatic rings. The third kappa shape index (κ3) is 18.9. The Bertz CT molecular complexity index is 2590. The van der Waals surface area contributed by atoms with Gasteiger partial charge in [0.05, 0.1) is 37.4 Å². The van der Waals surface area contributed by atoms with Crippen molar-refractivity contribution in [3.05, 3.63) is 65.6 Å². The van der Waals surface area contributed by atoms with Gasteiger partial charge in [-0.05, 0) is 107 Å². The Hall–Kier alpha value is -5.75. The van der Waals surface area contributed by atoms with Crippen molar-refractivity contribution >= 4 is 47.2 Å². The molecule has 1 aliphatic carbocycles. The van der Waals surface area contributed by atoms with Crippen molar-refractivity contribution in [2.24, 2.45) is 35.5 Å². The molecule has 4 N–H and O–H groups in total. The van der Waals surface area contributed by atoms with E-state index in [4.69, 9.17) is 28.4 Å². The van der Waals surface area contributed by atoms with E-state index >= 15 is 0 Å². The fraction of sp³-hybridized carbons (Fsp3) is 0.703. The first-order valence-electron chi connectivity index (χ1n) is 30.9. The van der Waals surface area contributed by atoms with E-state index in [-0.39, 0.29) is 61.5 Å². The quantitative estimate of drug-likeness (QED) is 0.107. The van der Waals surface area contributed by atoms with Gasteiger partial charge < -0.3 is 63.8 Å². The summed E-state index contributed by atoms with van der Waals surface area (Å²) in [6, 6.07) is -1.22. The van der Waals surface area contributed by atoms with Crippen molar-refractivity contribution in [1.82, 2.24) is 25.1 Å². The second-order valence-corrected chi connectivity index (χ2v) is 24.6. The van der Waals surface area contributed by atoms with Crippen LogP contribution in [0.1, 0.15) is 138 Å². The van der Waals surface area contributed by atoms with Gasteiger partial charge in [0.1, 0.15) is 17.9 Å². The molecular weight excluding hydrogens is 1110 g/mol. The van der Waals surface area contributed by atoms with Crippen molar-refractivity contribution in [1.29, 1.82) is 0 Å². The third-order valence-electron chi connectivity index (χ3n) is 18.0. The van der Waals surface area contributed by atoms with Crippen LogP contribution in [0.25, 0.3) is 0 Å². The van der Waals surface area contributed by atoms with Crippen LogP contribution in [0.2, 0.25) is 0 Å². The summed E-state index contributed by atoms with van der Waals surface area (Å²) in [5.74, 6) is -8.95. The van der Waals surface area contributed by atoms with Gasteiger partial charge in [-0.15, -0.1) is 0 Å². The number of nitrogens with one attached hydrogen (secondary N) is 1. The predicted molar refractivity (Wildman–Crippen MR) is 319 cm³/mol. The number of aliphatic hydroxyl groups is 3. The number of aromatic nitrogens is 2. The highest BCUT2D eigenvalue weighted by atomic mass is 16.6. The molecule has 0 radical (unpaired) electrons. The number of amides is 3. The standard InChI is InChI=1S/C64H96N6O16/c1-39-16-12-11-13-17-40(2)52(82-9)34-48-21-19-45(7)64(80,86-48)59(76)60(77)70-24-15-14-18-49(70)61(78)84-53(42(4)32-46-20-22-50(71)54(33-46)83-10)35-51(72)41(3)31-44(6)58(57(75)56(74)43(5)30-39)85-63(79)67-38-47-36-65-62(66-37-47)69-27-25-68(26-28-69)55(73)23-29-81-8/h11-13,16-17,31,36-37,39,41-43,45-46,48-50,52-54,57-58,71,75,80H,14-15,18-30,32-35,38H2,1-10H3,(H,67,79)/b13-11+,16-12+,40-17+,44-31+/t39-,41-,42-,43-,45-,46+,48+,49+,50-,52+,53+,54-,57+,58-,64-/m1/s1. The van der Waals surface area contributed by atoms with Crippen molar-refractivity contribution in [2.45, 2.75) is 193 Å². The van der Waals surface area contributed by atoms with E-state index in [1.165, 1.54) is 6.08 Å². The molecule has 15 atom stereocenters. The summed E-state index contributed by atoms with van der Waals surface area (Å²) < 4.78 is 35.0. The Morgan fingerprint density at radius 3 is 2.26 bits per heavy atom. The molecule has 1 aromatic heterocycles. The number of piperidine rings is 1. The van der Waals surface area contributed by atoms with Gasteiger partial charge in [-0.25, -0.2) is 19.6 Å². The van der Waals surface area contributed by atoms with Crippen molar-refractivity contribution < 1.29 is 77.3 Å². The van der Waals surface area contributed by atoms with Crippen LogP contribution in [-0.4, -0.2) is 192 Å². The number of carbonyl (C=O) groups excluding carboxylic acids is 7. The number of anilines is 1.